The Morgan fingerprint density at radius 1 is 1.29 bits per heavy atom. The van der Waals surface area contributed by atoms with Crippen LogP contribution >= 0.6 is 0 Å². The zero-order valence-electron chi connectivity index (χ0n) is 12.0. The zero-order valence-corrected chi connectivity index (χ0v) is 12.0. The molecule has 1 amide bonds. The van der Waals surface area contributed by atoms with Crippen molar-refractivity contribution < 1.29 is 18.7 Å². The van der Waals surface area contributed by atoms with Gasteiger partial charge in [-0.05, 0) is 31.1 Å². The minimum atomic E-state index is -0.553. The number of nitrogens with one attached hydrogen (secondary N) is 1. The lowest BCUT2D eigenvalue weighted by atomic mass is 10.1. The molecule has 0 radical (unpaired) electrons. The fourth-order valence-electron chi connectivity index (χ4n) is 2.41. The average molecular weight is 291 g/mol. The maximum Gasteiger partial charge on any atom is 0.331 e. The third-order valence-corrected chi connectivity index (χ3v) is 3.49. The Kier molecular flexibility index (Phi) is 6.06. The monoisotopic (exact) mass is 291 g/mol. The Hall–Kier alpha value is -2.04. The summed E-state index contributed by atoms with van der Waals surface area (Å²) < 4.78 is 9.94. The van der Waals surface area contributed by atoms with Crippen LogP contribution in [0.5, 0.6) is 0 Å². The molecule has 1 aromatic rings. The van der Waals surface area contributed by atoms with Gasteiger partial charge in [-0.25, -0.2) is 4.79 Å². The van der Waals surface area contributed by atoms with Crippen LogP contribution in [0.3, 0.4) is 0 Å². The maximum atomic E-state index is 11.7. The smallest absolute Gasteiger partial charge is 0.331 e. The number of furan rings is 1. The summed E-state index contributed by atoms with van der Waals surface area (Å²) in [5.74, 6) is -0.223. The lowest BCUT2D eigenvalue weighted by Crippen LogP contribution is -2.37. The number of hydrogen-bond donors (Lipinski definition) is 1. The van der Waals surface area contributed by atoms with Gasteiger partial charge < -0.3 is 14.5 Å². The van der Waals surface area contributed by atoms with Crippen LogP contribution in [0.4, 0.5) is 0 Å². The van der Waals surface area contributed by atoms with Crippen molar-refractivity contribution in [1.29, 1.82) is 0 Å². The quantitative estimate of drug-likeness (QED) is 0.514. The highest BCUT2D eigenvalue weighted by Gasteiger charge is 2.15. The van der Waals surface area contributed by atoms with E-state index in [0.29, 0.717) is 5.76 Å². The van der Waals surface area contributed by atoms with E-state index in [1.807, 2.05) is 0 Å². The number of ether oxygens (including phenoxy) is 1. The molecule has 0 atom stereocenters. The van der Waals surface area contributed by atoms with Gasteiger partial charge in [-0.3, -0.25) is 4.79 Å². The second-order valence-corrected chi connectivity index (χ2v) is 5.21. The molecule has 5 nitrogen and oxygen atoms in total. The third kappa shape index (κ3) is 5.85. The van der Waals surface area contributed by atoms with Crippen LogP contribution in [0.2, 0.25) is 0 Å². The average Bonchev–Trinajstić information content (AvgIpc) is 2.87. The molecule has 1 aliphatic rings. The molecule has 1 aromatic heterocycles. The molecule has 1 N–H and O–H groups in total. The standard InChI is InChI=1S/C16H21NO4/c18-15(17-13-6-3-1-2-4-7-13)12-21-16(19)10-9-14-8-5-11-20-14/h5,8-11,13H,1-4,6-7,12H2,(H,17,18)/b10-9+. The summed E-state index contributed by atoms with van der Waals surface area (Å²) in [5, 5.41) is 2.93. The van der Waals surface area contributed by atoms with Crippen LogP contribution < -0.4 is 5.32 Å². The van der Waals surface area contributed by atoms with Crippen molar-refractivity contribution in [3.8, 4) is 0 Å². The van der Waals surface area contributed by atoms with Crippen molar-refractivity contribution in [3.63, 3.8) is 0 Å². The summed E-state index contributed by atoms with van der Waals surface area (Å²) in [7, 11) is 0. The fraction of sp³-hybridized carbons (Fsp3) is 0.500. The van der Waals surface area contributed by atoms with Gasteiger partial charge in [0.2, 0.25) is 0 Å². The van der Waals surface area contributed by atoms with Crippen molar-refractivity contribution in [2.24, 2.45) is 0 Å². The predicted molar refractivity (Wildman–Crippen MR) is 78.3 cm³/mol. The normalized spacial score (nSPS) is 16.6. The summed E-state index contributed by atoms with van der Waals surface area (Å²) in [5.41, 5.74) is 0. The zero-order chi connectivity index (χ0) is 14.9. The summed E-state index contributed by atoms with van der Waals surface area (Å²) in [6, 6.07) is 3.67. The van der Waals surface area contributed by atoms with Crippen LogP contribution in [-0.4, -0.2) is 24.5 Å². The van der Waals surface area contributed by atoms with E-state index in [1.54, 1.807) is 12.1 Å². The molecule has 1 fully saturated rings. The molecular weight excluding hydrogens is 270 g/mol. The number of amides is 1. The van der Waals surface area contributed by atoms with E-state index in [0.717, 1.165) is 25.7 Å². The summed E-state index contributed by atoms with van der Waals surface area (Å²) in [6.07, 6.45) is 11.1. The molecule has 0 bridgehead atoms. The lowest BCUT2D eigenvalue weighted by Gasteiger charge is -2.15. The van der Waals surface area contributed by atoms with Crippen molar-refractivity contribution >= 4 is 18.0 Å². The number of carbonyl (C=O) groups is 2. The molecule has 1 saturated carbocycles. The molecule has 0 aliphatic heterocycles. The first-order valence-corrected chi connectivity index (χ1v) is 7.42. The van der Waals surface area contributed by atoms with Gasteiger partial charge in [0, 0.05) is 12.1 Å². The highest BCUT2D eigenvalue weighted by molar-refractivity contribution is 5.88. The van der Waals surface area contributed by atoms with Gasteiger partial charge in [0.05, 0.1) is 6.26 Å². The van der Waals surface area contributed by atoms with Crippen molar-refractivity contribution in [2.75, 3.05) is 6.61 Å². The Morgan fingerprint density at radius 3 is 2.71 bits per heavy atom. The van der Waals surface area contributed by atoms with Gasteiger partial charge in [-0.2, -0.15) is 0 Å². The molecule has 1 aliphatic carbocycles. The van der Waals surface area contributed by atoms with Crippen molar-refractivity contribution in [2.45, 2.75) is 44.6 Å². The van der Waals surface area contributed by atoms with Crippen LogP contribution in [-0.2, 0) is 14.3 Å². The van der Waals surface area contributed by atoms with Crippen LogP contribution in [0.25, 0.3) is 6.08 Å². The first kappa shape index (κ1) is 15.4. The Labute approximate surface area is 124 Å². The number of rotatable bonds is 5. The largest absolute Gasteiger partial charge is 0.465 e. The molecule has 5 heteroatoms. The van der Waals surface area contributed by atoms with Gasteiger partial charge >= 0.3 is 5.97 Å². The van der Waals surface area contributed by atoms with Gasteiger partial charge in [0.25, 0.3) is 5.91 Å². The highest BCUT2D eigenvalue weighted by Crippen LogP contribution is 2.17. The SMILES string of the molecule is O=C(COC(=O)/C=C/c1ccco1)NC1CCCCCC1. The lowest BCUT2D eigenvalue weighted by molar-refractivity contribution is -0.144. The van der Waals surface area contributed by atoms with Crippen LogP contribution in [0.1, 0.15) is 44.3 Å². The van der Waals surface area contributed by atoms with E-state index >= 15 is 0 Å². The van der Waals surface area contributed by atoms with E-state index in [1.165, 1.54) is 31.3 Å². The third-order valence-electron chi connectivity index (χ3n) is 3.49. The van der Waals surface area contributed by atoms with Gasteiger partial charge in [0.1, 0.15) is 5.76 Å². The molecule has 1 heterocycles. The topological polar surface area (TPSA) is 68.5 Å². The highest BCUT2D eigenvalue weighted by atomic mass is 16.5. The molecule has 0 spiro atoms. The number of carbonyl (C=O) groups excluding carboxylic acids is 2. The summed E-state index contributed by atoms with van der Waals surface area (Å²) in [4.78, 5) is 23.2. The Bertz CT molecular complexity index is 470. The van der Waals surface area contributed by atoms with Gasteiger partial charge in [-0.15, -0.1) is 0 Å². The Morgan fingerprint density at radius 2 is 2.05 bits per heavy atom. The predicted octanol–water partition coefficient (Wildman–Crippen LogP) is 2.68. The Balaban J connectivity index is 1.67. The summed E-state index contributed by atoms with van der Waals surface area (Å²) in [6.45, 7) is -0.238. The number of esters is 1. The van der Waals surface area contributed by atoms with Crippen LogP contribution in [0, 0.1) is 0 Å². The molecule has 21 heavy (non-hydrogen) atoms. The van der Waals surface area contributed by atoms with E-state index in [2.05, 4.69) is 5.32 Å². The van der Waals surface area contributed by atoms with E-state index < -0.39 is 5.97 Å². The first-order chi connectivity index (χ1) is 10.2. The molecule has 0 saturated heterocycles. The van der Waals surface area contributed by atoms with E-state index in [9.17, 15) is 9.59 Å². The van der Waals surface area contributed by atoms with Crippen molar-refractivity contribution in [3.05, 3.63) is 30.2 Å². The van der Waals surface area contributed by atoms with E-state index in [4.69, 9.17) is 9.15 Å². The molecule has 0 unspecified atom stereocenters. The minimum absolute atomic E-state index is 0.220. The second-order valence-electron chi connectivity index (χ2n) is 5.21. The summed E-state index contributed by atoms with van der Waals surface area (Å²) >= 11 is 0. The molecular formula is C16H21NO4. The van der Waals surface area contributed by atoms with Crippen LogP contribution in [0.15, 0.2) is 28.9 Å². The fourth-order valence-corrected chi connectivity index (χ4v) is 2.41. The minimum Gasteiger partial charge on any atom is -0.465 e. The van der Waals surface area contributed by atoms with Gasteiger partial charge in [-0.1, -0.05) is 25.7 Å². The second kappa shape index (κ2) is 8.29. The molecule has 0 aromatic carbocycles. The van der Waals surface area contributed by atoms with E-state index in [-0.39, 0.29) is 18.6 Å². The van der Waals surface area contributed by atoms with Crippen molar-refractivity contribution in [1.82, 2.24) is 5.32 Å². The van der Waals surface area contributed by atoms with Gasteiger partial charge in [0.15, 0.2) is 6.61 Å². The maximum absolute atomic E-state index is 11.7. The molecule has 2 rings (SSSR count). The molecule has 114 valence electrons. The first-order valence-electron chi connectivity index (χ1n) is 7.42. The number of hydrogen-bond acceptors (Lipinski definition) is 4.